The largest absolute Gasteiger partial charge is 0.378 e. The first-order valence-corrected chi connectivity index (χ1v) is 8.95. The molecule has 0 unspecified atom stereocenters. The lowest BCUT2D eigenvalue weighted by atomic mass is 10.1. The van der Waals surface area contributed by atoms with Crippen molar-refractivity contribution in [2.24, 2.45) is 4.99 Å². The molecule has 0 aliphatic heterocycles. The van der Waals surface area contributed by atoms with Crippen molar-refractivity contribution in [3.8, 4) is 0 Å². The summed E-state index contributed by atoms with van der Waals surface area (Å²) in [5.41, 5.74) is 2.55. The third kappa shape index (κ3) is 6.87. The van der Waals surface area contributed by atoms with Crippen LogP contribution in [0.2, 0.25) is 0 Å². The fraction of sp³-hybridized carbons (Fsp3) is 0.474. The second-order valence-corrected chi connectivity index (χ2v) is 6.12. The average Bonchev–Trinajstić information content (AvgIpc) is 3.12. The number of rotatable bonds is 9. The zero-order chi connectivity index (χ0) is 17.9. The zero-order valence-corrected chi connectivity index (χ0v) is 15.6. The van der Waals surface area contributed by atoms with Gasteiger partial charge in [-0.3, -0.25) is 9.67 Å². The first kappa shape index (κ1) is 18.8. The lowest BCUT2D eigenvalue weighted by molar-refractivity contribution is 0.584. The summed E-state index contributed by atoms with van der Waals surface area (Å²) in [7, 11) is 4.12. The summed E-state index contributed by atoms with van der Waals surface area (Å²) in [6.07, 6.45) is 5.74. The molecule has 2 N–H and O–H groups in total. The summed E-state index contributed by atoms with van der Waals surface area (Å²) < 4.78 is 1.94. The normalized spacial score (nSPS) is 11.4. The fourth-order valence-electron chi connectivity index (χ4n) is 2.48. The van der Waals surface area contributed by atoms with Gasteiger partial charge in [0.1, 0.15) is 0 Å². The molecule has 0 saturated carbocycles. The number of nitrogens with zero attached hydrogens (tertiary/aromatic N) is 4. The Hall–Kier alpha value is -2.50. The quantitative estimate of drug-likeness (QED) is 0.416. The van der Waals surface area contributed by atoms with Crippen molar-refractivity contribution in [1.29, 1.82) is 0 Å². The van der Waals surface area contributed by atoms with Gasteiger partial charge in [-0.05, 0) is 43.5 Å². The molecule has 2 rings (SSSR count). The van der Waals surface area contributed by atoms with Gasteiger partial charge >= 0.3 is 0 Å². The number of aryl methyl sites for hydroxylation is 1. The van der Waals surface area contributed by atoms with Crippen molar-refractivity contribution in [1.82, 2.24) is 20.4 Å². The Bertz CT molecular complexity index is 616. The van der Waals surface area contributed by atoms with E-state index >= 15 is 0 Å². The van der Waals surface area contributed by atoms with Gasteiger partial charge in [-0.1, -0.05) is 12.1 Å². The van der Waals surface area contributed by atoms with Crippen LogP contribution in [0.5, 0.6) is 0 Å². The minimum Gasteiger partial charge on any atom is -0.378 e. The van der Waals surface area contributed by atoms with Crippen LogP contribution in [-0.2, 0) is 13.0 Å². The molecule has 136 valence electrons. The molecule has 25 heavy (non-hydrogen) atoms. The second kappa shape index (κ2) is 10.4. The molecule has 0 amide bonds. The summed E-state index contributed by atoms with van der Waals surface area (Å²) >= 11 is 0. The predicted molar refractivity (Wildman–Crippen MR) is 105 cm³/mol. The van der Waals surface area contributed by atoms with Crippen LogP contribution < -0.4 is 15.5 Å². The van der Waals surface area contributed by atoms with E-state index in [0.717, 1.165) is 45.0 Å². The van der Waals surface area contributed by atoms with Gasteiger partial charge in [-0.2, -0.15) is 5.10 Å². The number of aliphatic imine (C=N–C) groups is 1. The summed E-state index contributed by atoms with van der Waals surface area (Å²) in [5.74, 6) is 0.882. The Labute approximate surface area is 151 Å². The maximum atomic E-state index is 4.63. The number of hydrogen-bond donors (Lipinski definition) is 2. The number of aromatic nitrogens is 2. The van der Waals surface area contributed by atoms with E-state index in [0.29, 0.717) is 0 Å². The lowest BCUT2D eigenvalue weighted by Crippen LogP contribution is -2.38. The van der Waals surface area contributed by atoms with Crippen molar-refractivity contribution >= 4 is 11.6 Å². The van der Waals surface area contributed by atoms with Crippen LogP contribution in [0.4, 0.5) is 5.69 Å². The second-order valence-electron chi connectivity index (χ2n) is 6.12. The van der Waals surface area contributed by atoms with E-state index in [9.17, 15) is 0 Å². The summed E-state index contributed by atoms with van der Waals surface area (Å²) in [5, 5.41) is 10.9. The van der Waals surface area contributed by atoms with E-state index in [1.54, 1.807) is 6.20 Å². The van der Waals surface area contributed by atoms with E-state index in [1.165, 1.54) is 11.3 Å². The Kier molecular flexibility index (Phi) is 7.82. The monoisotopic (exact) mass is 342 g/mol. The zero-order valence-electron chi connectivity index (χ0n) is 15.6. The number of nitrogens with one attached hydrogen (secondary N) is 2. The molecule has 0 radical (unpaired) electrons. The van der Waals surface area contributed by atoms with Gasteiger partial charge in [0.25, 0.3) is 0 Å². The minimum atomic E-state index is 0.784. The topological polar surface area (TPSA) is 57.5 Å². The molecule has 6 nitrogen and oxygen atoms in total. The molecule has 2 aromatic rings. The fourth-order valence-corrected chi connectivity index (χ4v) is 2.48. The molecule has 1 aromatic heterocycles. The number of benzene rings is 1. The molecule has 0 aliphatic rings. The molecule has 1 heterocycles. The van der Waals surface area contributed by atoms with E-state index in [4.69, 9.17) is 0 Å². The van der Waals surface area contributed by atoms with Gasteiger partial charge < -0.3 is 15.5 Å². The highest BCUT2D eigenvalue weighted by Crippen LogP contribution is 2.12. The van der Waals surface area contributed by atoms with Crippen LogP contribution in [0.25, 0.3) is 0 Å². The van der Waals surface area contributed by atoms with Gasteiger partial charge in [0.15, 0.2) is 5.96 Å². The van der Waals surface area contributed by atoms with Gasteiger partial charge in [-0.15, -0.1) is 0 Å². The van der Waals surface area contributed by atoms with E-state index in [2.05, 4.69) is 70.9 Å². The Balaban J connectivity index is 1.73. The Morgan fingerprint density at radius 3 is 2.64 bits per heavy atom. The molecule has 6 heteroatoms. The Morgan fingerprint density at radius 1 is 1.20 bits per heavy atom. The minimum absolute atomic E-state index is 0.784. The third-order valence-electron chi connectivity index (χ3n) is 3.88. The van der Waals surface area contributed by atoms with Gasteiger partial charge in [0, 0.05) is 58.4 Å². The molecular formula is C19H30N6. The van der Waals surface area contributed by atoms with Crippen molar-refractivity contribution < 1.29 is 0 Å². The molecule has 0 saturated heterocycles. The van der Waals surface area contributed by atoms with Crippen LogP contribution in [-0.4, -0.2) is 49.5 Å². The van der Waals surface area contributed by atoms with Crippen molar-refractivity contribution in [3.05, 3.63) is 48.3 Å². The number of guanidine groups is 1. The van der Waals surface area contributed by atoms with Crippen LogP contribution in [0, 0.1) is 0 Å². The van der Waals surface area contributed by atoms with Crippen LogP contribution in [0.15, 0.2) is 47.7 Å². The van der Waals surface area contributed by atoms with Crippen LogP contribution in [0.3, 0.4) is 0 Å². The molecule has 1 aromatic carbocycles. The maximum absolute atomic E-state index is 4.63. The standard InChI is InChI=1S/C19H30N6/c1-4-20-19(21-12-5-15-25-16-6-13-23-25)22-14-11-17-7-9-18(10-8-17)24(2)3/h6-10,13,16H,4-5,11-12,14-15H2,1-3H3,(H2,20,21,22). The van der Waals surface area contributed by atoms with Gasteiger partial charge in [0.05, 0.1) is 0 Å². The van der Waals surface area contributed by atoms with Crippen molar-refractivity contribution in [3.63, 3.8) is 0 Å². The van der Waals surface area contributed by atoms with Crippen molar-refractivity contribution in [2.45, 2.75) is 26.3 Å². The molecule has 0 fully saturated rings. The number of hydrogen-bond acceptors (Lipinski definition) is 3. The Morgan fingerprint density at radius 2 is 2.00 bits per heavy atom. The maximum Gasteiger partial charge on any atom is 0.191 e. The predicted octanol–water partition coefficient (Wildman–Crippen LogP) is 2.14. The first-order chi connectivity index (χ1) is 12.2. The highest BCUT2D eigenvalue weighted by atomic mass is 15.3. The lowest BCUT2D eigenvalue weighted by Gasteiger charge is -2.14. The van der Waals surface area contributed by atoms with Crippen molar-refractivity contribution in [2.75, 3.05) is 38.6 Å². The summed E-state index contributed by atoms with van der Waals surface area (Å²) in [4.78, 5) is 6.74. The third-order valence-corrected chi connectivity index (χ3v) is 3.88. The van der Waals surface area contributed by atoms with E-state index in [1.807, 2.05) is 16.9 Å². The average molecular weight is 342 g/mol. The van der Waals surface area contributed by atoms with Crippen LogP contribution in [0.1, 0.15) is 18.9 Å². The molecular weight excluding hydrogens is 312 g/mol. The molecule has 0 bridgehead atoms. The van der Waals surface area contributed by atoms with Gasteiger partial charge in [-0.25, -0.2) is 0 Å². The number of anilines is 1. The summed E-state index contributed by atoms with van der Waals surface area (Å²) in [6, 6.07) is 10.6. The molecule has 0 atom stereocenters. The highest BCUT2D eigenvalue weighted by Gasteiger charge is 1.99. The smallest absolute Gasteiger partial charge is 0.191 e. The summed E-state index contributed by atoms with van der Waals surface area (Å²) in [6.45, 7) is 5.50. The van der Waals surface area contributed by atoms with Gasteiger partial charge in [0.2, 0.25) is 0 Å². The molecule has 0 aliphatic carbocycles. The van der Waals surface area contributed by atoms with Crippen LogP contribution >= 0.6 is 0 Å². The van der Waals surface area contributed by atoms with E-state index < -0.39 is 0 Å². The first-order valence-electron chi connectivity index (χ1n) is 8.95. The van der Waals surface area contributed by atoms with E-state index in [-0.39, 0.29) is 0 Å². The highest BCUT2D eigenvalue weighted by molar-refractivity contribution is 5.79. The SMILES string of the molecule is CCNC(=NCCCn1cccn1)NCCc1ccc(N(C)C)cc1. The molecule has 0 spiro atoms.